The van der Waals surface area contributed by atoms with Crippen LogP contribution in [0.4, 0.5) is 5.69 Å². The lowest BCUT2D eigenvalue weighted by Crippen LogP contribution is -2.00. The predicted octanol–water partition coefficient (Wildman–Crippen LogP) is 4.73. The zero-order valence-corrected chi connectivity index (χ0v) is 12.4. The number of Topliss-reactive ketones (excluding diaryl/α,β-unsaturated/α-hetero) is 1. The first-order chi connectivity index (χ1) is 10.1. The molecule has 0 amide bonds. The highest BCUT2D eigenvalue weighted by Gasteiger charge is 2.18. The van der Waals surface area contributed by atoms with Crippen molar-refractivity contribution in [1.82, 2.24) is 0 Å². The number of rotatable bonds is 6. The molecule has 0 saturated carbocycles. The maximum absolute atomic E-state index is 11.9. The minimum atomic E-state index is -0.437. The van der Waals surface area contributed by atoms with Crippen LogP contribution in [-0.4, -0.2) is 10.7 Å². The van der Waals surface area contributed by atoms with Gasteiger partial charge in [-0.1, -0.05) is 36.9 Å². The van der Waals surface area contributed by atoms with Crippen molar-refractivity contribution in [3.05, 3.63) is 64.2 Å². The molecule has 0 radical (unpaired) electrons. The lowest BCUT2D eigenvalue weighted by Gasteiger charge is -2.05. The maximum atomic E-state index is 11.9. The molecule has 21 heavy (non-hydrogen) atoms. The van der Waals surface area contributed by atoms with Crippen molar-refractivity contribution >= 4 is 23.2 Å². The van der Waals surface area contributed by atoms with Gasteiger partial charge in [-0.3, -0.25) is 14.9 Å². The summed E-state index contributed by atoms with van der Waals surface area (Å²) in [4.78, 5) is 24.1. The Morgan fingerprint density at radius 3 is 2.52 bits per heavy atom. The predicted molar refractivity (Wildman–Crippen MR) is 82.9 cm³/mol. The van der Waals surface area contributed by atoms with E-state index in [1.807, 2.05) is 37.3 Å². The summed E-state index contributed by atoms with van der Waals surface area (Å²) in [6, 6.07) is 14.1. The van der Waals surface area contributed by atoms with Crippen LogP contribution in [0.1, 0.15) is 30.1 Å². The Morgan fingerprint density at radius 1 is 1.19 bits per heavy atom. The van der Waals surface area contributed by atoms with E-state index in [2.05, 4.69) is 0 Å². The molecule has 0 unspecified atom stereocenters. The van der Waals surface area contributed by atoms with E-state index in [1.54, 1.807) is 12.1 Å². The first-order valence-electron chi connectivity index (χ1n) is 6.66. The van der Waals surface area contributed by atoms with Crippen molar-refractivity contribution in [3.63, 3.8) is 0 Å². The van der Waals surface area contributed by atoms with Crippen LogP contribution in [0.25, 0.3) is 0 Å². The number of ketones is 1. The molecule has 5 heteroatoms. The third-order valence-corrected chi connectivity index (χ3v) is 4.00. The fourth-order valence-corrected chi connectivity index (χ4v) is 2.83. The van der Waals surface area contributed by atoms with Crippen molar-refractivity contribution < 1.29 is 9.72 Å². The van der Waals surface area contributed by atoms with E-state index in [9.17, 15) is 14.9 Å². The largest absolute Gasteiger partial charge is 0.294 e. The third-order valence-electron chi connectivity index (χ3n) is 2.93. The average molecular weight is 301 g/mol. The SMILES string of the molecule is CCCC(=O)c1ccc(Sc2ccccc2)c([N+](=O)[O-])c1. The molecule has 0 bridgehead atoms. The molecule has 0 atom stereocenters. The van der Waals surface area contributed by atoms with Crippen LogP contribution in [0.15, 0.2) is 58.3 Å². The molecular formula is C16H15NO3S. The summed E-state index contributed by atoms with van der Waals surface area (Å²) < 4.78 is 0. The first kappa shape index (κ1) is 15.3. The molecule has 0 aromatic heterocycles. The minimum Gasteiger partial charge on any atom is -0.294 e. The van der Waals surface area contributed by atoms with Gasteiger partial charge in [0.2, 0.25) is 0 Å². The average Bonchev–Trinajstić information content (AvgIpc) is 2.48. The highest BCUT2D eigenvalue weighted by molar-refractivity contribution is 7.99. The van der Waals surface area contributed by atoms with Gasteiger partial charge in [0, 0.05) is 22.9 Å². The summed E-state index contributed by atoms with van der Waals surface area (Å²) in [5, 5.41) is 11.2. The van der Waals surface area contributed by atoms with Crippen LogP contribution in [0.3, 0.4) is 0 Å². The molecule has 0 fully saturated rings. The molecule has 0 aliphatic heterocycles. The van der Waals surface area contributed by atoms with Crippen LogP contribution < -0.4 is 0 Å². The molecule has 2 aromatic rings. The molecule has 0 heterocycles. The topological polar surface area (TPSA) is 60.2 Å². The Balaban J connectivity index is 2.34. The lowest BCUT2D eigenvalue weighted by atomic mass is 10.1. The number of benzene rings is 2. The number of carbonyl (C=O) groups excluding carboxylic acids is 1. The fourth-order valence-electron chi connectivity index (χ4n) is 1.91. The van der Waals surface area contributed by atoms with E-state index in [-0.39, 0.29) is 11.5 Å². The smallest absolute Gasteiger partial charge is 0.283 e. The van der Waals surface area contributed by atoms with Crippen LogP contribution in [0.5, 0.6) is 0 Å². The highest BCUT2D eigenvalue weighted by Crippen LogP contribution is 2.35. The van der Waals surface area contributed by atoms with Gasteiger partial charge in [0.1, 0.15) is 0 Å². The van der Waals surface area contributed by atoms with Crippen LogP contribution in [0.2, 0.25) is 0 Å². The Kier molecular flexibility index (Phi) is 5.11. The summed E-state index contributed by atoms with van der Waals surface area (Å²) >= 11 is 1.32. The first-order valence-corrected chi connectivity index (χ1v) is 7.48. The molecule has 0 spiro atoms. The molecule has 4 nitrogen and oxygen atoms in total. The lowest BCUT2D eigenvalue weighted by molar-refractivity contribution is -0.387. The van der Waals surface area contributed by atoms with E-state index < -0.39 is 4.92 Å². The zero-order valence-electron chi connectivity index (χ0n) is 11.6. The van der Waals surface area contributed by atoms with Crippen molar-refractivity contribution in [3.8, 4) is 0 Å². The quantitative estimate of drug-likeness (QED) is 0.439. The molecular weight excluding hydrogens is 286 g/mol. The number of nitro groups is 1. The normalized spacial score (nSPS) is 10.3. The number of nitrogens with zero attached hydrogens (tertiary/aromatic N) is 1. The van der Waals surface area contributed by atoms with Gasteiger partial charge in [0.15, 0.2) is 5.78 Å². The summed E-state index contributed by atoms with van der Waals surface area (Å²) in [6.45, 7) is 1.91. The van der Waals surface area contributed by atoms with Gasteiger partial charge >= 0.3 is 0 Å². The highest BCUT2D eigenvalue weighted by atomic mass is 32.2. The monoisotopic (exact) mass is 301 g/mol. The zero-order chi connectivity index (χ0) is 15.2. The molecule has 0 aliphatic carbocycles. The van der Waals surface area contributed by atoms with Crippen LogP contribution >= 0.6 is 11.8 Å². The van der Waals surface area contributed by atoms with Gasteiger partial charge in [0.05, 0.1) is 9.82 Å². The summed E-state index contributed by atoms with van der Waals surface area (Å²) in [5.41, 5.74) is 0.381. The second-order valence-electron chi connectivity index (χ2n) is 4.53. The summed E-state index contributed by atoms with van der Waals surface area (Å²) in [7, 11) is 0. The van der Waals surface area contributed by atoms with Gasteiger partial charge in [-0.2, -0.15) is 0 Å². The minimum absolute atomic E-state index is 0.0224. The van der Waals surface area contributed by atoms with E-state index in [4.69, 9.17) is 0 Å². The Labute approximate surface area is 127 Å². The Morgan fingerprint density at radius 2 is 1.90 bits per heavy atom. The Hall–Kier alpha value is -2.14. The molecule has 0 saturated heterocycles. The van der Waals surface area contributed by atoms with E-state index in [0.717, 1.165) is 11.3 Å². The van der Waals surface area contributed by atoms with Crippen molar-refractivity contribution in [1.29, 1.82) is 0 Å². The molecule has 2 aromatic carbocycles. The molecule has 0 N–H and O–H groups in total. The molecule has 2 rings (SSSR count). The summed E-state index contributed by atoms with van der Waals surface area (Å²) in [5.74, 6) is -0.0585. The Bertz CT molecular complexity index is 656. The van der Waals surface area contributed by atoms with Crippen molar-refractivity contribution in [2.24, 2.45) is 0 Å². The van der Waals surface area contributed by atoms with E-state index in [0.29, 0.717) is 16.9 Å². The van der Waals surface area contributed by atoms with Crippen molar-refractivity contribution in [2.75, 3.05) is 0 Å². The van der Waals surface area contributed by atoms with Gasteiger partial charge in [-0.05, 0) is 30.7 Å². The van der Waals surface area contributed by atoms with Gasteiger partial charge in [-0.25, -0.2) is 0 Å². The second-order valence-corrected chi connectivity index (χ2v) is 5.64. The van der Waals surface area contributed by atoms with E-state index in [1.165, 1.54) is 17.8 Å². The number of nitro benzene ring substituents is 1. The second kappa shape index (κ2) is 7.04. The van der Waals surface area contributed by atoms with Gasteiger partial charge in [-0.15, -0.1) is 0 Å². The maximum Gasteiger partial charge on any atom is 0.283 e. The van der Waals surface area contributed by atoms with Crippen LogP contribution in [-0.2, 0) is 0 Å². The standard InChI is InChI=1S/C16H15NO3S/c1-2-6-15(18)12-9-10-16(14(11-12)17(19)20)21-13-7-4-3-5-8-13/h3-5,7-11H,2,6H2,1H3. The van der Waals surface area contributed by atoms with Crippen molar-refractivity contribution in [2.45, 2.75) is 29.6 Å². The van der Waals surface area contributed by atoms with Crippen LogP contribution in [0, 0.1) is 10.1 Å². The van der Waals surface area contributed by atoms with Gasteiger partial charge in [0.25, 0.3) is 5.69 Å². The number of hydrogen-bond acceptors (Lipinski definition) is 4. The number of carbonyl (C=O) groups is 1. The third kappa shape index (κ3) is 3.92. The fraction of sp³-hybridized carbons (Fsp3) is 0.188. The molecule has 108 valence electrons. The molecule has 0 aliphatic rings. The number of hydrogen-bond donors (Lipinski definition) is 0. The van der Waals surface area contributed by atoms with Gasteiger partial charge < -0.3 is 0 Å². The van der Waals surface area contributed by atoms with E-state index >= 15 is 0 Å². The summed E-state index contributed by atoms with van der Waals surface area (Å²) in [6.07, 6.45) is 1.13.